The minimum atomic E-state index is 0. The van der Waals surface area contributed by atoms with Gasteiger partial charge in [-0.15, -0.1) is 12.4 Å². The normalized spacial score (nSPS) is 26.0. The van der Waals surface area contributed by atoms with Crippen molar-refractivity contribution in [2.24, 2.45) is 16.7 Å². The first-order valence-corrected chi connectivity index (χ1v) is 14.1. The first kappa shape index (κ1) is 27.1. The molecular weight excluding hydrogens is 454 g/mol. The third kappa shape index (κ3) is 6.67. The van der Waals surface area contributed by atoms with Gasteiger partial charge in [0.15, 0.2) is 0 Å². The van der Waals surface area contributed by atoms with Gasteiger partial charge in [0.1, 0.15) is 0 Å². The van der Waals surface area contributed by atoms with Crippen LogP contribution in [0.4, 0.5) is 11.4 Å². The van der Waals surface area contributed by atoms with Crippen molar-refractivity contribution in [2.75, 3.05) is 62.7 Å². The molecule has 198 valence electrons. The van der Waals surface area contributed by atoms with Gasteiger partial charge in [0.25, 0.3) is 0 Å². The number of halogens is 1. The monoisotopic (exact) mass is 503 g/mol. The fourth-order valence-electron chi connectivity index (χ4n) is 7.61. The second-order valence-electron chi connectivity index (χ2n) is 13.5. The third-order valence-corrected chi connectivity index (χ3v) is 9.07. The predicted octanol–water partition coefficient (Wildman–Crippen LogP) is 6.58. The summed E-state index contributed by atoms with van der Waals surface area (Å²) in [6.45, 7) is 18.4. The molecule has 4 nitrogen and oxygen atoms in total. The van der Waals surface area contributed by atoms with Gasteiger partial charge in [-0.1, -0.05) is 27.7 Å². The Hall–Kier alpha value is -0.970. The Kier molecular flexibility index (Phi) is 8.35. The molecule has 0 unspecified atom stereocenters. The Labute approximate surface area is 221 Å². The highest BCUT2D eigenvalue weighted by atomic mass is 35.5. The van der Waals surface area contributed by atoms with Crippen molar-refractivity contribution < 1.29 is 4.74 Å². The number of ether oxygens (including phenoxy) is 1. The van der Waals surface area contributed by atoms with Crippen LogP contribution >= 0.6 is 12.4 Å². The van der Waals surface area contributed by atoms with E-state index in [1.807, 2.05) is 7.11 Å². The van der Waals surface area contributed by atoms with Crippen molar-refractivity contribution in [3.8, 4) is 0 Å². The predicted molar refractivity (Wildman–Crippen MR) is 151 cm³/mol. The van der Waals surface area contributed by atoms with Crippen molar-refractivity contribution in [2.45, 2.75) is 84.7 Å². The summed E-state index contributed by atoms with van der Waals surface area (Å²) in [7, 11) is 1.87. The van der Waals surface area contributed by atoms with Crippen LogP contribution in [0.1, 0.15) is 84.1 Å². The molecule has 0 bridgehead atoms. The standard InChI is InChI=1S/C30H49N3O.ClH/c1-29(2)19-24(20-30(3,4)22-29)27-18-25(32-12-10-26(34-5)11-13-32)8-9-28(27)33-16-14-31(15-17-33)21-23-6-7-23;/h8-9,18,23-24,26H,6-7,10-17,19-22H2,1-5H3;1H. The number of piperidine rings is 1. The zero-order valence-corrected chi connectivity index (χ0v) is 23.8. The van der Waals surface area contributed by atoms with Crippen LogP contribution in [0.25, 0.3) is 0 Å². The maximum absolute atomic E-state index is 5.64. The summed E-state index contributed by atoms with van der Waals surface area (Å²) in [5.41, 5.74) is 5.39. The molecule has 5 rings (SSSR count). The molecule has 5 heteroatoms. The minimum absolute atomic E-state index is 0. The van der Waals surface area contributed by atoms with Gasteiger partial charge in [-0.25, -0.2) is 0 Å². The van der Waals surface area contributed by atoms with Gasteiger partial charge >= 0.3 is 0 Å². The molecule has 2 saturated carbocycles. The molecule has 0 spiro atoms. The van der Waals surface area contributed by atoms with Crippen LogP contribution in [0, 0.1) is 16.7 Å². The maximum atomic E-state index is 5.64. The second-order valence-corrected chi connectivity index (χ2v) is 13.5. The average Bonchev–Trinajstić information content (AvgIpc) is 3.61. The molecule has 4 aliphatic rings. The van der Waals surface area contributed by atoms with Crippen molar-refractivity contribution in [3.63, 3.8) is 0 Å². The molecule has 2 aliphatic heterocycles. The number of nitrogens with zero attached hydrogens (tertiary/aromatic N) is 3. The number of anilines is 2. The third-order valence-electron chi connectivity index (χ3n) is 9.07. The van der Waals surface area contributed by atoms with Gasteiger partial charge in [0, 0.05) is 64.3 Å². The number of methoxy groups -OCH3 is 1. The van der Waals surface area contributed by atoms with Gasteiger partial charge < -0.3 is 14.5 Å². The summed E-state index contributed by atoms with van der Waals surface area (Å²) in [5, 5.41) is 0. The van der Waals surface area contributed by atoms with Crippen LogP contribution in [0.5, 0.6) is 0 Å². The minimum Gasteiger partial charge on any atom is -0.381 e. The van der Waals surface area contributed by atoms with Crippen LogP contribution in [-0.2, 0) is 4.74 Å². The number of hydrogen-bond donors (Lipinski definition) is 0. The van der Waals surface area contributed by atoms with E-state index in [0.717, 1.165) is 31.8 Å². The highest BCUT2D eigenvalue weighted by molar-refractivity contribution is 5.85. The number of piperazine rings is 1. The molecule has 0 N–H and O–H groups in total. The molecule has 35 heavy (non-hydrogen) atoms. The van der Waals surface area contributed by atoms with Gasteiger partial charge in [-0.2, -0.15) is 0 Å². The maximum Gasteiger partial charge on any atom is 0.0605 e. The molecule has 2 aliphatic carbocycles. The second kappa shape index (κ2) is 10.8. The Morgan fingerprint density at radius 2 is 1.46 bits per heavy atom. The first-order chi connectivity index (χ1) is 16.2. The first-order valence-electron chi connectivity index (χ1n) is 14.1. The van der Waals surface area contributed by atoms with Crippen LogP contribution in [0.15, 0.2) is 18.2 Å². The SMILES string of the molecule is COC1CCN(c2ccc(N3CCN(CC4CC4)CC3)c(C3CC(C)(C)CC(C)(C)C3)c2)CC1.Cl. The highest BCUT2D eigenvalue weighted by Crippen LogP contribution is 2.53. The van der Waals surface area contributed by atoms with E-state index in [-0.39, 0.29) is 12.4 Å². The van der Waals surface area contributed by atoms with Gasteiger partial charge in [-0.3, -0.25) is 4.90 Å². The summed E-state index contributed by atoms with van der Waals surface area (Å²) in [5.74, 6) is 1.64. The smallest absolute Gasteiger partial charge is 0.0605 e. The van der Waals surface area contributed by atoms with Crippen molar-refractivity contribution in [1.82, 2.24) is 4.90 Å². The van der Waals surface area contributed by atoms with Gasteiger partial charge in [0.05, 0.1) is 6.10 Å². The Balaban J connectivity index is 0.00000289. The molecule has 4 fully saturated rings. The Morgan fingerprint density at radius 3 is 2.03 bits per heavy atom. The van der Waals surface area contributed by atoms with E-state index < -0.39 is 0 Å². The molecule has 0 amide bonds. The van der Waals surface area contributed by atoms with E-state index in [2.05, 4.69) is 60.6 Å². The lowest BCUT2D eigenvalue weighted by molar-refractivity contribution is 0.0819. The molecule has 0 aromatic heterocycles. The summed E-state index contributed by atoms with van der Waals surface area (Å²) in [6, 6.07) is 7.50. The fraction of sp³-hybridized carbons (Fsp3) is 0.800. The van der Waals surface area contributed by atoms with Crippen LogP contribution in [-0.4, -0.2) is 63.9 Å². The van der Waals surface area contributed by atoms with E-state index in [1.54, 1.807) is 5.56 Å². The number of benzene rings is 1. The topological polar surface area (TPSA) is 19.0 Å². The molecule has 0 radical (unpaired) electrons. The summed E-state index contributed by atoms with van der Waals surface area (Å²) in [4.78, 5) is 8.04. The van der Waals surface area contributed by atoms with Crippen molar-refractivity contribution in [3.05, 3.63) is 23.8 Å². The van der Waals surface area contributed by atoms with E-state index in [9.17, 15) is 0 Å². The van der Waals surface area contributed by atoms with Crippen LogP contribution < -0.4 is 9.80 Å². The van der Waals surface area contributed by atoms with E-state index in [0.29, 0.717) is 22.9 Å². The fourth-order valence-corrected chi connectivity index (χ4v) is 7.61. The number of rotatable bonds is 6. The van der Waals surface area contributed by atoms with E-state index >= 15 is 0 Å². The molecule has 2 saturated heterocycles. The lowest BCUT2D eigenvalue weighted by Gasteiger charge is -2.46. The molecule has 0 atom stereocenters. The van der Waals surface area contributed by atoms with Crippen LogP contribution in [0.2, 0.25) is 0 Å². The van der Waals surface area contributed by atoms with Crippen molar-refractivity contribution >= 4 is 23.8 Å². The largest absolute Gasteiger partial charge is 0.381 e. The Morgan fingerprint density at radius 1 is 0.829 bits per heavy atom. The molecule has 1 aromatic rings. The molecule has 1 aromatic carbocycles. The summed E-state index contributed by atoms with van der Waals surface area (Å²) >= 11 is 0. The Bertz CT molecular complexity index is 820. The van der Waals surface area contributed by atoms with Gasteiger partial charge in [0.2, 0.25) is 0 Å². The van der Waals surface area contributed by atoms with Crippen LogP contribution in [0.3, 0.4) is 0 Å². The van der Waals surface area contributed by atoms with Crippen molar-refractivity contribution in [1.29, 1.82) is 0 Å². The lowest BCUT2D eigenvalue weighted by Crippen LogP contribution is -2.47. The number of hydrogen-bond acceptors (Lipinski definition) is 4. The zero-order valence-electron chi connectivity index (χ0n) is 23.0. The molecule has 2 heterocycles. The molecular formula is C30H50ClN3O. The average molecular weight is 504 g/mol. The van der Waals surface area contributed by atoms with Gasteiger partial charge in [-0.05, 0) is 91.4 Å². The van der Waals surface area contributed by atoms with E-state index in [4.69, 9.17) is 4.74 Å². The summed E-state index contributed by atoms with van der Waals surface area (Å²) in [6.07, 6.45) is 9.57. The zero-order chi connectivity index (χ0) is 23.9. The summed E-state index contributed by atoms with van der Waals surface area (Å²) < 4.78 is 5.64. The lowest BCUT2D eigenvalue weighted by atomic mass is 9.60. The highest BCUT2D eigenvalue weighted by Gasteiger charge is 2.40. The van der Waals surface area contributed by atoms with E-state index in [1.165, 1.54) is 76.2 Å². The quantitative estimate of drug-likeness (QED) is 0.436.